The molecule has 1 amide bonds. The van der Waals surface area contributed by atoms with E-state index in [0.717, 1.165) is 0 Å². The summed E-state index contributed by atoms with van der Waals surface area (Å²) in [6.45, 7) is 0.679. The van der Waals surface area contributed by atoms with E-state index in [1.54, 1.807) is 0 Å². The molecule has 0 bridgehead atoms. The number of benzene rings is 1. The van der Waals surface area contributed by atoms with Crippen molar-refractivity contribution in [2.24, 2.45) is 5.92 Å². The quantitative estimate of drug-likeness (QED) is 0.872. The Labute approximate surface area is 119 Å². The maximum absolute atomic E-state index is 13.7. The molecule has 1 aromatic rings. The van der Waals surface area contributed by atoms with Crippen LogP contribution in [0, 0.1) is 11.7 Å². The minimum absolute atomic E-state index is 0.00931. The van der Waals surface area contributed by atoms with Gasteiger partial charge in [0, 0.05) is 19.7 Å². The number of carbonyl (C=O) groups excluding carboxylic acids is 1. The van der Waals surface area contributed by atoms with Crippen molar-refractivity contribution in [3.8, 4) is 0 Å². The number of likely N-dealkylation sites (tertiary alicyclic amines) is 1. The highest BCUT2D eigenvalue weighted by atomic mass is 19.4. The fourth-order valence-electron chi connectivity index (χ4n) is 2.47. The summed E-state index contributed by atoms with van der Waals surface area (Å²) in [7, 11) is 0. The summed E-state index contributed by atoms with van der Waals surface area (Å²) in [5, 5.41) is 8.85. The van der Waals surface area contributed by atoms with Crippen molar-refractivity contribution in [2.45, 2.75) is 19.0 Å². The lowest BCUT2D eigenvalue weighted by Crippen LogP contribution is -2.30. The molecule has 0 radical (unpaired) electrons. The highest BCUT2D eigenvalue weighted by molar-refractivity contribution is 5.94. The molecular weight excluding hydrogens is 290 g/mol. The third kappa shape index (κ3) is 3.53. The molecular formula is C14H15F4NO2. The zero-order chi connectivity index (χ0) is 15.6. The van der Waals surface area contributed by atoms with Crippen LogP contribution >= 0.6 is 0 Å². The van der Waals surface area contributed by atoms with Gasteiger partial charge in [0.2, 0.25) is 0 Å². The Morgan fingerprint density at radius 1 is 1.38 bits per heavy atom. The minimum atomic E-state index is -4.62. The van der Waals surface area contributed by atoms with Gasteiger partial charge in [-0.25, -0.2) is 4.39 Å². The third-order valence-corrected chi connectivity index (χ3v) is 3.63. The Morgan fingerprint density at radius 3 is 2.71 bits per heavy atom. The molecule has 0 aromatic heterocycles. The van der Waals surface area contributed by atoms with Crippen molar-refractivity contribution in [1.82, 2.24) is 4.90 Å². The first-order valence-electron chi connectivity index (χ1n) is 6.60. The number of halogens is 4. The summed E-state index contributed by atoms with van der Waals surface area (Å²) in [5.41, 5.74) is -1.60. The number of hydrogen-bond donors (Lipinski definition) is 1. The van der Waals surface area contributed by atoms with Gasteiger partial charge in [-0.15, -0.1) is 0 Å². The normalized spacial score (nSPS) is 19.1. The van der Waals surface area contributed by atoms with Gasteiger partial charge in [0.1, 0.15) is 5.82 Å². The van der Waals surface area contributed by atoms with Crippen molar-refractivity contribution in [3.05, 3.63) is 35.1 Å². The molecule has 1 heterocycles. The van der Waals surface area contributed by atoms with Crippen LogP contribution in [0.15, 0.2) is 18.2 Å². The molecule has 1 fully saturated rings. The molecule has 7 heteroatoms. The van der Waals surface area contributed by atoms with E-state index in [1.807, 2.05) is 0 Å². The lowest BCUT2D eigenvalue weighted by Gasteiger charge is -2.18. The second kappa shape index (κ2) is 6.01. The fraction of sp³-hybridized carbons (Fsp3) is 0.500. The smallest absolute Gasteiger partial charge is 0.396 e. The first-order valence-corrected chi connectivity index (χ1v) is 6.60. The summed E-state index contributed by atoms with van der Waals surface area (Å²) < 4.78 is 51.5. The van der Waals surface area contributed by atoms with Crippen LogP contribution in [0.4, 0.5) is 17.6 Å². The Kier molecular flexibility index (Phi) is 4.51. The summed E-state index contributed by atoms with van der Waals surface area (Å²) in [6.07, 6.45) is -3.44. The Hall–Kier alpha value is -1.63. The van der Waals surface area contributed by atoms with E-state index in [-0.39, 0.29) is 12.5 Å². The minimum Gasteiger partial charge on any atom is -0.396 e. The molecule has 1 aromatic carbocycles. The van der Waals surface area contributed by atoms with Gasteiger partial charge >= 0.3 is 6.18 Å². The monoisotopic (exact) mass is 305 g/mol. The maximum Gasteiger partial charge on any atom is 0.416 e. The molecule has 0 spiro atoms. The van der Waals surface area contributed by atoms with Crippen molar-refractivity contribution in [1.29, 1.82) is 0 Å². The zero-order valence-corrected chi connectivity index (χ0v) is 11.2. The number of aliphatic hydroxyl groups is 1. The number of aliphatic hydroxyl groups excluding tert-OH is 1. The fourth-order valence-corrected chi connectivity index (χ4v) is 2.47. The van der Waals surface area contributed by atoms with E-state index in [4.69, 9.17) is 5.11 Å². The molecule has 1 unspecified atom stereocenters. The molecule has 3 nitrogen and oxygen atoms in total. The number of nitrogens with zero attached hydrogens (tertiary/aromatic N) is 1. The van der Waals surface area contributed by atoms with E-state index in [0.29, 0.717) is 44.1 Å². The Morgan fingerprint density at radius 2 is 2.10 bits per heavy atom. The van der Waals surface area contributed by atoms with Crippen LogP contribution in [-0.4, -0.2) is 35.6 Å². The van der Waals surface area contributed by atoms with Gasteiger partial charge in [-0.2, -0.15) is 13.2 Å². The molecule has 1 saturated heterocycles. The summed E-state index contributed by atoms with van der Waals surface area (Å²) >= 11 is 0. The van der Waals surface area contributed by atoms with Crippen LogP contribution in [0.2, 0.25) is 0 Å². The summed E-state index contributed by atoms with van der Waals surface area (Å²) in [4.78, 5) is 13.5. The standard InChI is InChI=1S/C14H15F4NO2/c15-12-2-1-10(14(16,17)18)7-11(12)13(21)19-5-3-9(8-19)4-6-20/h1-2,7,9,20H,3-6,8H2. The van der Waals surface area contributed by atoms with Gasteiger partial charge in [0.25, 0.3) is 5.91 Å². The van der Waals surface area contributed by atoms with Gasteiger partial charge in [-0.3, -0.25) is 4.79 Å². The van der Waals surface area contributed by atoms with Crippen LogP contribution in [0.1, 0.15) is 28.8 Å². The van der Waals surface area contributed by atoms with Crippen LogP contribution in [0.25, 0.3) is 0 Å². The maximum atomic E-state index is 13.7. The topological polar surface area (TPSA) is 40.5 Å². The molecule has 1 aliphatic rings. The zero-order valence-electron chi connectivity index (χ0n) is 11.2. The predicted octanol–water partition coefficient (Wildman–Crippen LogP) is 2.69. The lowest BCUT2D eigenvalue weighted by atomic mass is 10.1. The number of alkyl halides is 3. The lowest BCUT2D eigenvalue weighted by molar-refractivity contribution is -0.137. The summed E-state index contributed by atoms with van der Waals surface area (Å²) in [5.74, 6) is -1.59. The van der Waals surface area contributed by atoms with Gasteiger partial charge < -0.3 is 10.0 Å². The predicted molar refractivity (Wildman–Crippen MR) is 67.1 cm³/mol. The van der Waals surface area contributed by atoms with Gasteiger partial charge in [0.05, 0.1) is 11.1 Å². The van der Waals surface area contributed by atoms with E-state index in [1.165, 1.54) is 4.90 Å². The van der Waals surface area contributed by atoms with E-state index >= 15 is 0 Å². The van der Waals surface area contributed by atoms with Gasteiger partial charge in [-0.05, 0) is 37.0 Å². The van der Waals surface area contributed by atoms with E-state index in [2.05, 4.69) is 0 Å². The van der Waals surface area contributed by atoms with Crippen molar-refractivity contribution in [2.75, 3.05) is 19.7 Å². The number of carbonyl (C=O) groups is 1. The van der Waals surface area contributed by atoms with Crippen molar-refractivity contribution >= 4 is 5.91 Å². The second-order valence-electron chi connectivity index (χ2n) is 5.11. The Bertz CT molecular complexity index is 530. The molecule has 116 valence electrons. The molecule has 2 rings (SSSR count). The first-order chi connectivity index (χ1) is 9.82. The van der Waals surface area contributed by atoms with Crippen LogP contribution < -0.4 is 0 Å². The number of amides is 1. The number of hydrogen-bond acceptors (Lipinski definition) is 2. The van der Waals surface area contributed by atoms with Gasteiger partial charge in [-0.1, -0.05) is 0 Å². The second-order valence-corrected chi connectivity index (χ2v) is 5.11. The highest BCUT2D eigenvalue weighted by Crippen LogP contribution is 2.31. The largest absolute Gasteiger partial charge is 0.416 e. The molecule has 1 aliphatic heterocycles. The molecule has 21 heavy (non-hydrogen) atoms. The number of rotatable bonds is 3. The van der Waals surface area contributed by atoms with Crippen molar-refractivity contribution in [3.63, 3.8) is 0 Å². The molecule has 1 atom stereocenters. The average molecular weight is 305 g/mol. The first kappa shape index (κ1) is 15.8. The van der Waals surface area contributed by atoms with Crippen LogP contribution in [0.5, 0.6) is 0 Å². The molecule has 0 saturated carbocycles. The van der Waals surface area contributed by atoms with Crippen molar-refractivity contribution < 1.29 is 27.5 Å². The van der Waals surface area contributed by atoms with Gasteiger partial charge in [0.15, 0.2) is 0 Å². The SMILES string of the molecule is O=C(c1cc(C(F)(F)F)ccc1F)N1CCC(CCO)C1. The summed E-state index contributed by atoms with van der Waals surface area (Å²) in [6, 6.07) is 1.83. The third-order valence-electron chi connectivity index (χ3n) is 3.63. The molecule has 1 N–H and O–H groups in total. The van der Waals surface area contributed by atoms with E-state index in [9.17, 15) is 22.4 Å². The Balaban J connectivity index is 2.20. The van der Waals surface area contributed by atoms with E-state index < -0.39 is 29.0 Å². The van der Waals surface area contributed by atoms with Crippen LogP contribution in [-0.2, 0) is 6.18 Å². The highest BCUT2D eigenvalue weighted by Gasteiger charge is 2.33. The van der Waals surface area contributed by atoms with Crippen LogP contribution in [0.3, 0.4) is 0 Å². The molecule has 0 aliphatic carbocycles. The average Bonchev–Trinajstić information content (AvgIpc) is 2.86.